The second-order valence-electron chi connectivity index (χ2n) is 4.15. The number of amides is 1. The van der Waals surface area contributed by atoms with E-state index in [1.165, 1.54) is 15.8 Å². The smallest absolute Gasteiger partial charge is 0.258 e. The number of hydrogen-bond donors (Lipinski definition) is 0. The van der Waals surface area contributed by atoms with Gasteiger partial charge in [-0.3, -0.25) is 4.79 Å². The van der Waals surface area contributed by atoms with Gasteiger partial charge < -0.3 is 4.90 Å². The van der Waals surface area contributed by atoms with Crippen LogP contribution in [0.2, 0.25) is 5.02 Å². The number of carbonyl (C=O) groups excluding carboxylic acids is 1. The molecule has 1 amide bonds. The predicted octanol–water partition coefficient (Wildman–Crippen LogP) is 2.12. The van der Waals surface area contributed by atoms with Gasteiger partial charge in [-0.05, 0) is 12.1 Å². The van der Waals surface area contributed by atoms with Crippen LogP contribution in [-0.4, -0.2) is 33.7 Å². The Bertz CT molecular complexity index is 723. The molecule has 0 aliphatic rings. The third-order valence-electron chi connectivity index (χ3n) is 2.76. The molecule has 5 nitrogen and oxygen atoms in total. The normalized spacial score (nSPS) is 9.67. The molecule has 2 aromatic rings. The van der Waals surface area contributed by atoms with Gasteiger partial charge in [-0.15, -0.1) is 6.42 Å². The molecule has 21 heavy (non-hydrogen) atoms. The zero-order chi connectivity index (χ0) is 15.2. The van der Waals surface area contributed by atoms with E-state index in [9.17, 15) is 4.79 Å². The summed E-state index contributed by atoms with van der Waals surface area (Å²) in [5.41, 5.74) is 1.02. The van der Waals surface area contributed by atoms with Crippen molar-refractivity contribution in [1.29, 1.82) is 5.26 Å². The maximum atomic E-state index is 12.2. The molecule has 0 atom stereocenters. The molecule has 1 aromatic carbocycles. The van der Waals surface area contributed by atoms with Gasteiger partial charge in [-0.1, -0.05) is 29.7 Å². The second-order valence-corrected chi connectivity index (χ2v) is 4.56. The molecule has 0 unspecified atom stereocenters. The summed E-state index contributed by atoms with van der Waals surface area (Å²) in [7, 11) is 0. The molecule has 0 fully saturated rings. The van der Waals surface area contributed by atoms with Gasteiger partial charge in [0.2, 0.25) is 0 Å². The van der Waals surface area contributed by atoms with Gasteiger partial charge in [-0.25, -0.2) is 4.68 Å². The Kier molecular flexibility index (Phi) is 4.61. The van der Waals surface area contributed by atoms with Crippen molar-refractivity contribution in [2.24, 2.45) is 0 Å². The van der Waals surface area contributed by atoms with Crippen molar-refractivity contribution in [3.8, 4) is 24.1 Å². The Labute approximate surface area is 127 Å². The lowest BCUT2D eigenvalue weighted by Gasteiger charge is -2.14. The molecule has 0 bridgehead atoms. The summed E-state index contributed by atoms with van der Waals surface area (Å²) in [5.74, 6) is 2.02. The topological polar surface area (TPSA) is 61.9 Å². The first-order valence-electron chi connectivity index (χ1n) is 6.06. The fourth-order valence-electron chi connectivity index (χ4n) is 1.78. The third kappa shape index (κ3) is 3.22. The zero-order valence-electron chi connectivity index (χ0n) is 11.0. The van der Waals surface area contributed by atoms with Gasteiger partial charge in [0, 0.05) is 6.20 Å². The van der Waals surface area contributed by atoms with E-state index < -0.39 is 0 Å². The van der Waals surface area contributed by atoms with Gasteiger partial charge in [0.25, 0.3) is 5.91 Å². The summed E-state index contributed by atoms with van der Waals surface area (Å²) in [6.07, 6.45) is 8.18. The van der Waals surface area contributed by atoms with Crippen LogP contribution >= 0.6 is 11.6 Å². The SMILES string of the molecule is C#CCN(CC#N)C(=O)c1cnn(-c2ccccc2Cl)c1. The first-order valence-corrected chi connectivity index (χ1v) is 6.44. The average Bonchev–Trinajstić information content (AvgIpc) is 2.96. The zero-order valence-corrected chi connectivity index (χ0v) is 11.8. The van der Waals surface area contributed by atoms with Gasteiger partial charge in [-0.2, -0.15) is 10.4 Å². The minimum atomic E-state index is -0.340. The van der Waals surface area contributed by atoms with E-state index in [-0.39, 0.29) is 19.0 Å². The number of aromatic nitrogens is 2. The Balaban J connectivity index is 2.28. The first-order chi connectivity index (χ1) is 10.2. The minimum Gasteiger partial charge on any atom is -0.314 e. The van der Waals surface area contributed by atoms with Gasteiger partial charge in [0.1, 0.15) is 6.54 Å². The highest BCUT2D eigenvalue weighted by molar-refractivity contribution is 6.32. The fourth-order valence-corrected chi connectivity index (χ4v) is 2.00. The van der Waals surface area contributed by atoms with E-state index in [0.29, 0.717) is 16.3 Å². The van der Waals surface area contributed by atoms with Crippen LogP contribution < -0.4 is 0 Å². The number of terminal acetylenes is 1. The Morgan fingerprint density at radius 2 is 2.19 bits per heavy atom. The molecule has 0 N–H and O–H groups in total. The summed E-state index contributed by atoms with van der Waals surface area (Å²) >= 11 is 6.08. The number of nitriles is 1. The minimum absolute atomic E-state index is 0.0691. The molecule has 1 heterocycles. The van der Waals surface area contributed by atoms with Crippen LogP contribution in [0.1, 0.15) is 10.4 Å². The Morgan fingerprint density at radius 3 is 2.86 bits per heavy atom. The number of hydrogen-bond acceptors (Lipinski definition) is 3. The number of benzene rings is 1. The third-order valence-corrected chi connectivity index (χ3v) is 3.08. The average molecular weight is 299 g/mol. The maximum absolute atomic E-state index is 12.2. The van der Waals surface area contributed by atoms with E-state index >= 15 is 0 Å². The van der Waals surface area contributed by atoms with Crippen molar-refractivity contribution in [1.82, 2.24) is 14.7 Å². The van der Waals surface area contributed by atoms with E-state index in [0.717, 1.165) is 0 Å². The van der Waals surface area contributed by atoms with E-state index in [2.05, 4.69) is 11.0 Å². The molecule has 2 rings (SSSR count). The van der Waals surface area contributed by atoms with Crippen LogP contribution in [-0.2, 0) is 0 Å². The second kappa shape index (κ2) is 6.60. The lowest BCUT2D eigenvalue weighted by Crippen LogP contribution is -2.31. The number of para-hydroxylation sites is 1. The van der Waals surface area contributed by atoms with Gasteiger partial charge >= 0.3 is 0 Å². The molecule has 0 saturated heterocycles. The van der Waals surface area contributed by atoms with E-state index in [4.69, 9.17) is 23.3 Å². The molecule has 1 aromatic heterocycles. The molecule has 0 aliphatic carbocycles. The van der Waals surface area contributed by atoms with Crippen molar-refractivity contribution < 1.29 is 4.79 Å². The Morgan fingerprint density at radius 1 is 1.43 bits per heavy atom. The van der Waals surface area contributed by atoms with Crippen LogP contribution in [0, 0.1) is 23.7 Å². The lowest BCUT2D eigenvalue weighted by atomic mass is 10.3. The van der Waals surface area contributed by atoms with Gasteiger partial charge in [0.15, 0.2) is 0 Å². The molecular weight excluding hydrogens is 288 g/mol. The van der Waals surface area contributed by atoms with Crippen molar-refractivity contribution in [3.05, 3.63) is 47.2 Å². The van der Waals surface area contributed by atoms with Crippen molar-refractivity contribution in [3.63, 3.8) is 0 Å². The predicted molar refractivity (Wildman–Crippen MR) is 78.9 cm³/mol. The molecule has 0 radical (unpaired) electrons. The summed E-state index contributed by atoms with van der Waals surface area (Å²) in [6, 6.07) is 9.07. The van der Waals surface area contributed by atoms with Crippen molar-refractivity contribution in [2.45, 2.75) is 0 Å². The lowest BCUT2D eigenvalue weighted by molar-refractivity contribution is 0.0795. The summed E-state index contributed by atoms with van der Waals surface area (Å²) in [6.45, 7) is 0.00394. The van der Waals surface area contributed by atoms with Crippen LogP contribution in [0.5, 0.6) is 0 Å². The molecule has 104 valence electrons. The largest absolute Gasteiger partial charge is 0.314 e. The highest BCUT2D eigenvalue weighted by Crippen LogP contribution is 2.19. The monoisotopic (exact) mass is 298 g/mol. The maximum Gasteiger partial charge on any atom is 0.258 e. The fraction of sp³-hybridized carbons (Fsp3) is 0.133. The van der Waals surface area contributed by atoms with Crippen molar-refractivity contribution >= 4 is 17.5 Å². The van der Waals surface area contributed by atoms with E-state index in [1.807, 2.05) is 18.2 Å². The Hall–Kier alpha value is -2.76. The molecular formula is C15H11ClN4O. The summed E-state index contributed by atoms with van der Waals surface area (Å²) in [4.78, 5) is 13.5. The van der Waals surface area contributed by atoms with Crippen LogP contribution in [0.25, 0.3) is 5.69 Å². The van der Waals surface area contributed by atoms with Crippen molar-refractivity contribution in [2.75, 3.05) is 13.1 Å². The van der Waals surface area contributed by atoms with Gasteiger partial charge in [0.05, 0.1) is 35.1 Å². The summed E-state index contributed by atoms with van der Waals surface area (Å²) in [5, 5.41) is 13.4. The number of nitrogens with zero attached hydrogens (tertiary/aromatic N) is 4. The highest BCUT2D eigenvalue weighted by Gasteiger charge is 2.17. The molecule has 0 aliphatic heterocycles. The van der Waals surface area contributed by atoms with Crippen LogP contribution in [0.15, 0.2) is 36.7 Å². The summed E-state index contributed by atoms with van der Waals surface area (Å²) < 4.78 is 1.51. The first kappa shape index (κ1) is 14.6. The number of carbonyl (C=O) groups is 1. The number of halogens is 1. The standard InChI is InChI=1S/C15H11ClN4O/c1-2-8-19(9-7-17)15(21)12-10-18-20(11-12)14-6-4-3-5-13(14)16/h1,3-6,10-11H,8-9H2. The highest BCUT2D eigenvalue weighted by atomic mass is 35.5. The quantitative estimate of drug-likeness (QED) is 0.641. The molecule has 6 heteroatoms. The molecule has 0 spiro atoms. The van der Waals surface area contributed by atoms with Crippen LogP contribution in [0.4, 0.5) is 0 Å². The molecule has 0 saturated carbocycles. The number of rotatable bonds is 4. The van der Waals surface area contributed by atoms with Crippen LogP contribution in [0.3, 0.4) is 0 Å². The van der Waals surface area contributed by atoms with E-state index in [1.54, 1.807) is 18.3 Å².